The van der Waals surface area contributed by atoms with E-state index in [4.69, 9.17) is 13.9 Å². The summed E-state index contributed by atoms with van der Waals surface area (Å²) in [7, 11) is 1.68. The molecule has 0 aliphatic heterocycles. The normalized spacial score (nSPS) is 10.9. The number of amides is 1. The lowest BCUT2D eigenvalue weighted by molar-refractivity contribution is -0.133. The van der Waals surface area contributed by atoms with Crippen molar-refractivity contribution in [3.63, 3.8) is 0 Å². The number of esters is 1. The van der Waals surface area contributed by atoms with Crippen LogP contribution in [0.5, 0.6) is 0 Å². The third-order valence-corrected chi connectivity index (χ3v) is 4.76. The summed E-state index contributed by atoms with van der Waals surface area (Å²) < 4.78 is 16.4. The van der Waals surface area contributed by atoms with Gasteiger partial charge in [0.1, 0.15) is 5.58 Å². The van der Waals surface area contributed by atoms with Crippen LogP contribution < -0.4 is 0 Å². The smallest absolute Gasteiger partial charge is 0.375 e. The standard InChI is InChI=1S/C23H25NO5/c1-4-27-14-19-18-11-7-8-12-20(18)29-22(19)23(26)28-15-21(25)24(3)13-17-10-6-5-9-16(17)2/h5-12H,4,13-15H2,1-3H3. The second kappa shape index (κ2) is 9.39. The van der Waals surface area contributed by atoms with Crippen LogP contribution in [0.2, 0.25) is 0 Å². The van der Waals surface area contributed by atoms with Gasteiger partial charge in [-0.2, -0.15) is 0 Å². The molecule has 0 N–H and O–H groups in total. The predicted molar refractivity (Wildman–Crippen MR) is 109 cm³/mol. The highest BCUT2D eigenvalue weighted by atomic mass is 16.5. The molecule has 0 unspecified atom stereocenters. The molecule has 1 heterocycles. The van der Waals surface area contributed by atoms with E-state index < -0.39 is 5.97 Å². The maximum atomic E-state index is 12.6. The summed E-state index contributed by atoms with van der Waals surface area (Å²) in [5.41, 5.74) is 3.36. The lowest BCUT2D eigenvalue weighted by Gasteiger charge is -2.18. The number of furan rings is 1. The van der Waals surface area contributed by atoms with Crippen LogP contribution in [0.4, 0.5) is 0 Å². The number of carbonyl (C=O) groups is 2. The molecular weight excluding hydrogens is 370 g/mol. The molecule has 152 valence electrons. The summed E-state index contributed by atoms with van der Waals surface area (Å²) in [5.74, 6) is -0.883. The second-order valence-corrected chi connectivity index (χ2v) is 6.80. The number of ether oxygens (including phenoxy) is 2. The molecule has 3 aromatic rings. The number of fused-ring (bicyclic) bond motifs is 1. The number of hydrogen-bond donors (Lipinski definition) is 0. The summed E-state index contributed by atoms with van der Waals surface area (Å²) in [4.78, 5) is 26.5. The van der Waals surface area contributed by atoms with Crippen LogP contribution in [-0.4, -0.2) is 37.0 Å². The summed E-state index contributed by atoms with van der Waals surface area (Å²) in [6.45, 7) is 4.71. The van der Waals surface area contributed by atoms with Crippen LogP contribution in [0.1, 0.15) is 34.2 Å². The third-order valence-electron chi connectivity index (χ3n) is 4.76. The third kappa shape index (κ3) is 4.84. The molecule has 0 saturated heterocycles. The van der Waals surface area contributed by atoms with Gasteiger partial charge in [-0.15, -0.1) is 0 Å². The molecule has 6 heteroatoms. The first-order chi connectivity index (χ1) is 14.0. The zero-order valence-electron chi connectivity index (χ0n) is 16.9. The topological polar surface area (TPSA) is 69.0 Å². The van der Waals surface area contributed by atoms with Crippen LogP contribution in [0, 0.1) is 6.92 Å². The summed E-state index contributed by atoms with van der Waals surface area (Å²) in [6.07, 6.45) is 0. The lowest BCUT2D eigenvalue weighted by Crippen LogP contribution is -2.31. The van der Waals surface area contributed by atoms with Crippen molar-refractivity contribution in [2.45, 2.75) is 27.0 Å². The zero-order chi connectivity index (χ0) is 20.8. The highest BCUT2D eigenvalue weighted by Crippen LogP contribution is 2.27. The molecule has 1 aromatic heterocycles. The van der Waals surface area contributed by atoms with E-state index in [2.05, 4.69) is 0 Å². The van der Waals surface area contributed by atoms with Gasteiger partial charge in [0.15, 0.2) is 6.61 Å². The Morgan fingerprint density at radius 2 is 1.79 bits per heavy atom. The fraction of sp³-hybridized carbons (Fsp3) is 0.304. The van der Waals surface area contributed by atoms with E-state index in [1.165, 1.54) is 4.90 Å². The van der Waals surface area contributed by atoms with Gasteiger partial charge in [0.2, 0.25) is 5.76 Å². The van der Waals surface area contributed by atoms with E-state index in [9.17, 15) is 9.59 Å². The summed E-state index contributed by atoms with van der Waals surface area (Å²) >= 11 is 0. The molecule has 29 heavy (non-hydrogen) atoms. The Hall–Kier alpha value is -3.12. The number of likely N-dealkylation sites (N-methyl/N-ethyl adjacent to an activating group) is 1. The summed E-state index contributed by atoms with van der Waals surface area (Å²) in [5, 5.41) is 0.802. The number of benzene rings is 2. The fourth-order valence-electron chi connectivity index (χ4n) is 3.05. The highest BCUT2D eigenvalue weighted by Gasteiger charge is 2.23. The minimum Gasteiger partial charge on any atom is -0.450 e. The molecule has 0 fully saturated rings. The quantitative estimate of drug-likeness (QED) is 0.537. The number of aryl methyl sites for hydroxylation is 1. The fourth-order valence-corrected chi connectivity index (χ4v) is 3.05. The molecule has 0 radical (unpaired) electrons. The van der Waals surface area contributed by atoms with E-state index >= 15 is 0 Å². The van der Waals surface area contributed by atoms with Crippen LogP contribution in [0.15, 0.2) is 52.9 Å². The van der Waals surface area contributed by atoms with Crippen LogP contribution in [0.3, 0.4) is 0 Å². The Kier molecular flexibility index (Phi) is 6.67. The molecule has 6 nitrogen and oxygen atoms in total. The van der Waals surface area contributed by atoms with Crippen molar-refractivity contribution in [1.29, 1.82) is 0 Å². The Bertz CT molecular complexity index is 1010. The highest BCUT2D eigenvalue weighted by molar-refractivity contribution is 5.96. The Morgan fingerprint density at radius 3 is 2.55 bits per heavy atom. The molecule has 3 rings (SSSR count). The minimum absolute atomic E-state index is 0.0778. The molecule has 0 saturated carbocycles. The van der Waals surface area contributed by atoms with Crippen molar-refractivity contribution < 1.29 is 23.5 Å². The first-order valence-electron chi connectivity index (χ1n) is 9.55. The van der Waals surface area contributed by atoms with Crippen molar-refractivity contribution in [1.82, 2.24) is 4.90 Å². The molecule has 0 aliphatic rings. The zero-order valence-corrected chi connectivity index (χ0v) is 16.9. The van der Waals surface area contributed by atoms with Gasteiger partial charge in [0.05, 0.1) is 6.61 Å². The molecule has 0 atom stereocenters. The summed E-state index contributed by atoms with van der Waals surface area (Å²) in [6, 6.07) is 15.2. The van der Waals surface area contributed by atoms with Gasteiger partial charge in [-0.05, 0) is 31.0 Å². The van der Waals surface area contributed by atoms with Crippen molar-refractivity contribution in [3.8, 4) is 0 Å². The van der Waals surface area contributed by atoms with Crippen LogP contribution in [-0.2, 0) is 27.4 Å². The lowest BCUT2D eigenvalue weighted by atomic mass is 10.1. The van der Waals surface area contributed by atoms with Crippen molar-refractivity contribution in [2.24, 2.45) is 0 Å². The van der Waals surface area contributed by atoms with Crippen LogP contribution in [0.25, 0.3) is 11.0 Å². The Balaban J connectivity index is 1.67. The number of hydrogen-bond acceptors (Lipinski definition) is 5. The SMILES string of the molecule is CCOCc1c(C(=O)OCC(=O)N(C)Cc2ccccc2C)oc2ccccc12. The van der Waals surface area contributed by atoms with E-state index in [-0.39, 0.29) is 24.9 Å². The van der Waals surface area contributed by atoms with E-state index in [1.807, 2.05) is 56.3 Å². The molecule has 2 aromatic carbocycles. The monoisotopic (exact) mass is 395 g/mol. The maximum absolute atomic E-state index is 12.6. The van der Waals surface area contributed by atoms with Gasteiger partial charge in [-0.3, -0.25) is 4.79 Å². The van der Waals surface area contributed by atoms with Gasteiger partial charge in [0, 0.05) is 31.1 Å². The molecular formula is C23H25NO5. The van der Waals surface area contributed by atoms with E-state index in [0.717, 1.165) is 16.5 Å². The van der Waals surface area contributed by atoms with Crippen molar-refractivity contribution >= 4 is 22.8 Å². The minimum atomic E-state index is -0.673. The molecule has 0 aliphatic carbocycles. The van der Waals surface area contributed by atoms with Gasteiger partial charge >= 0.3 is 5.97 Å². The molecule has 0 spiro atoms. The first kappa shape index (κ1) is 20.6. The van der Waals surface area contributed by atoms with Crippen molar-refractivity contribution in [2.75, 3.05) is 20.3 Å². The number of nitrogens with zero attached hydrogens (tertiary/aromatic N) is 1. The Morgan fingerprint density at radius 1 is 1.07 bits per heavy atom. The average molecular weight is 395 g/mol. The van der Waals surface area contributed by atoms with Gasteiger partial charge in [-0.1, -0.05) is 42.5 Å². The average Bonchev–Trinajstić information content (AvgIpc) is 3.10. The van der Waals surface area contributed by atoms with Gasteiger partial charge < -0.3 is 18.8 Å². The number of para-hydroxylation sites is 1. The van der Waals surface area contributed by atoms with E-state index in [0.29, 0.717) is 24.3 Å². The largest absolute Gasteiger partial charge is 0.450 e. The molecule has 0 bridgehead atoms. The number of rotatable bonds is 8. The Labute approximate surface area is 170 Å². The van der Waals surface area contributed by atoms with Gasteiger partial charge in [0.25, 0.3) is 5.91 Å². The van der Waals surface area contributed by atoms with Gasteiger partial charge in [-0.25, -0.2) is 4.79 Å². The van der Waals surface area contributed by atoms with E-state index in [1.54, 1.807) is 13.1 Å². The maximum Gasteiger partial charge on any atom is 0.375 e. The number of carbonyl (C=O) groups excluding carboxylic acids is 2. The van der Waals surface area contributed by atoms with Crippen molar-refractivity contribution in [3.05, 3.63) is 71.0 Å². The first-order valence-corrected chi connectivity index (χ1v) is 9.55. The van der Waals surface area contributed by atoms with Crippen LogP contribution >= 0.6 is 0 Å². The predicted octanol–water partition coefficient (Wildman–Crippen LogP) is 4.09. The molecule has 1 amide bonds. The second-order valence-electron chi connectivity index (χ2n) is 6.80.